The van der Waals surface area contributed by atoms with Gasteiger partial charge in [0.15, 0.2) is 0 Å². The number of aliphatic hydroxyl groups excluding tert-OH is 2. The zero-order valence-corrected chi connectivity index (χ0v) is 10.1. The average molecular weight is 244 g/mol. The third kappa shape index (κ3) is 3.46. The van der Waals surface area contributed by atoms with Crippen LogP contribution in [0.4, 0.5) is 0 Å². The van der Waals surface area contributed by atoms with Crippen LogP contribution in [0, 0.1) is 0 Å². The zero-order chi connectivity index (χ0) is 12.0. The van der Waals surface area contributed by atoms with Gasteiger partial charge in [0.05, 0.1) is 6.10 Å². The van der Waals surface area contributed by atoms with Crippen molar-refractivity contribution >= 4 is 11.6 Å². The molecule has 0 aliphatic rings. The maximum atomic E-state index is 9.99. The number of halogens is 1. The lowest BCUT2D eigenvalue weighted by Crippen LogP contribution is -2.24. The first-order chi connectivity index (χ1) is 7.70. The monoisotopic (exact) mass is 243 g/mol. The first-order valence-corrected chi connectivity index (χ1v) is 5.88. The summed E-state index contributed by atoms with van der Waals surface area (Å²) in [6.45, 7) is 0.668. The maximum absolute atomic E-state index is 9.99. The number of rotatable bonds is 6. The van der Waals surface area contributed by atoms with E-state index < -0.39 is 12.2 Å². The van der Waals surface area contributed by atoms with Gasteiger partial charge in [0.1, 0.15) is 6.10 Å². The lowest BCUT2D eigenvalue weighted by molar-refractivity contribution is 0.0136. The third-order valence-electron chi connectivity index (χ3n) is 2.57. The molecule has 0 radical (unpaired) electrons. The summed E-state index contributed by atoms with van der Waals surface area (Å²) < 4.78 is 0. The van der Waals surface area contributed by atoms with Crippen LogP contribution in [0.5, 0.6) is 0 Å². The smallest absolute Gasteiger partial charge is 0.105 e. The van der Waals surface area contributed by atoms with Gasteiger partial charge < -0.3 is 15.5 Å². The molecule has 0 aliphatic carbocycles. The van der Waals surface area contributed by atoms with Crippen molar-refractivity contribution in [2.45, 2.75) is 24.5 Å². The van der Waals surface area contributed by atoms with Gasteiger partial charge in [-0.3, -0.25) is 0 Å². The van der Waals surface area contributed by atoms with Crippen LogP contribution in [0.1, 0.15) is 23.7 Å². The van der Waals surface area contributed by atoms with Crippen molar-refractivity contribution in [2.24, 2.45) is 0 Å². The first kappa shape index (κ1) is 13.5. The standard InChI is InChI=1S/C12H18ClNO2/c1-14-7-6-11(15)12(16)10-5-3-2-4-9(10)8-13/h2-5,11-12,14-16H,6-8H2,1H3. The first-order valence-electron chi connectivity index (χ1n) is 5.35. The number of hydrogen-bond acceptors (Lipinski definition) is 3. The molecule has 1 aromatic carbocycles. The van der Waals surface area contributed by atoms with Gasteiger partial charge in [-0.05, 0) is 31.1 Å². The van der Waals surface area contributed by atoms with Gasteiger partial charge in [-0.15, -0.1) is 11.6 Å². The van der Waals surface area contributed by atoms with Crippen LogP contribution in [0.25, 0.3) is 0 Å². The number of alkyl halides is 1. The Morgan fingerprint density at radius 2 is 2.00 bits per heavy atom. The van der Waals surface area contributed by atoms with Gasteiger partial charge in [-0.2, -0.15) is 0 Å². The molecule has 0 saturated carbocycles. The Hall–Kier alpha value is -0.610. The van der Waals surface area contributed by atoms with Crippen molar-refractivity contribution in [3.63, 3.8) is 0 Å². The van der Waals surface area contributed by atoms with Crippen molar-refractivity contribution in [3.05, 3.63) is 35.4 Å². The minimum atomic E-state index is -0.872. The van der Waals surface area contributed by atoms with Crippen LogP contribution >= 0.6 is 11.6 Å². The molecule has 0 aromatic heterocycles. The molecule has 1 aromatic rings. The van der Waals surface area contributed by atoms with E-state index in [4.69, 9.17) is 11.6 Å². The highest BCUT2D eigenvalue weighted by molar-refractivity contribution is 6.17. The van der Waals surface area contributed by atoms with E-state index in [0.29, 0.717) is 24.4 Å². The van der Waals surface area contributed by atoms with Crippen molar-refractivity contribution in [3.8, 4) is 0 Å². The lowest BCUT2D eigenvalue weighted by Gasteiger charge is -2.20. The second-order valence-corrected chi connectivity index (χ2v) is 4.00. The Kier molecular flexibility index (Phi) is 5.77. The molecule has 0 spiro atoms. The maximum Gasteiger partial charge on any atom is 0.105 e. The Morgan fingerprint density at radius 3 is 2.62 bits per heavy atom. The van der Waals surface area contributed by atoms with Crippen LogP contribution in [0.15, 0.2) is 24.3 Å². The van der Waals surface area contributed by atoms with Crippen molar-refractivity contribution < 1.29 is 10.2 Å². The van der Waals surface area contributed by atoms with Crippen molar-refractivity contribution in [1.29, 1.82) is 0 Å². The molecule has 1 rings (SSSR count). The number of nitrogens with one attached hydrogen (secondary N) is 1. The number of aliphatic hydroxyl groups is 2. The largest absolute Gasteiger partial charge is 0.390 e. The summed E-state index contributed by atoms with van der Waals surface area (Å²) >= 11 is 5.78. The average Bonchev–Trinajstić information content (AvgIpc) is 2.34. The van der Waals surface area contributed by atoms with Gasteiger partial charge in [-0.25, -0.2) is 0 Å². The summed E-state index contributed by atoms with van der Waals surface area (Å²) in [4.78, 5) is 0. The minimum absolute atomic E-state index is 0.339. The summed E-state index contributed by atoms with van der Waals surface area (Å²) in [5.74, 6) is 0.339. The summed E-state index contributed by atoms with van der Waals surface area (Å²) in [5, 5.41) is 22.7. The molecule has 0 amide bonds. The van der Waals surface area contributed by atoms with E-state index in [0.717, 1.165) is 5.56 Å². The molecule has 0 fully saturated rings. The molecular weight excluding hydrogens is 226 g/mol. The SMILES string of the molecule is CNCCC(O)C(O)c1ccccc1CCl. The van der Waals surface area contributed by atoms with Crippen LogP contribution in [-0.4, -0.2) is 29.9 Å². The van der Waals surface area contributed by atoms with E-state index in [-0.39, 0.29) is 0 Å². The zero-order valence-electron chi connectivity index (χ0n) is 9.36. The van der Waals surface area contributed by atoms with E-state index in [2.05, 4.69) is 5.32 Å². The fourth-order valence-electron chi connectivity index (χ4n) is 1.60. The van der Waals surface area contributed by atoms with Crippen molar-refractivity contribution in [2.75, 3.05) is 13.6 Å². The molecule has 0 aliphatic heterocycles. The lowest BCUT2D eigenvalue weighted by atomic mass is 9.98. The molecule has 3 nitrogen and oxygen atoms in total. The van der Waals surface area contributed by atoms with Gasteiger partial charge in [0.2, 0.25) is 0 Å². The van der Waals surface area contributed by atoms with Crippen LogP contribution in [0.2, 0.25) is 0 Å². The van der Waals surface area contributed by atoms with Gasteiger partial charge >= 0.3 is 0 Å². The fraction of sp³-hybridized carbons (Fsp3) is 0.500. The summed E-state index contributed by atoms with van der Waals surface area (Å²) in [6.07, 6.45) is -1.13. The van der Waals surface area contributed by atoms with Gasteiger partial charge in [-0.1, -0.05) is 24.3 Å². The molecule has 0 saturated heterocycles. The topological polar surface area (TPSA) is 52.5 Å². The molecule has 2 atom stereocenters. The fourth-order valence-corrected chi connectivity index (χ4v) is 1.85. The van der Waals surface area contributed by atoms with Crippen LogP contribution in [-0.2, 0) is 5.88 Å². The molecule has 16 heavy (non-hydrogen) atoms. The van der Waals surface area contributed by atoms with E-state index in [1.807, 2.05) is 25.2 Å². The Bertz CT molecular complexity index is 320. The van der Waals surface area contributed by atoms with Crippen LogP contribution in [0.3, 0.4) is 0 Å². The number of benzene rings is 1. The Morgan fingerprint density at radius 1 is 1.31 bits per heavy atom. The Balaban J connectivity index is 2.74. The Labute approximate surface area is 101 Å². The molecule has 2 unspecified atom stereocenters. The highest BCUT2D eigenvalue weighted by Crippen LogP contribution is 2.23. The van der Waals surface area contributed by atoms with Crippen molar-refractivity contribution in [1.82, 2.24) is 5.32 Å². The van der Waals surface area contributed by atoms with E-state index in [9.17, 15) is 10.2 Å². The molecule has 0 bridgehead atoms. The second kappa shape index (κ2) is 6.86. The predicted octanol–water partition coefficient (Wildman–Crippen LogP) is 1.43. The molecule has 4 heteroatoms. The molecule has 3 N–H and O–H groups in total. The minimum Gasteiger partial charge on any atom is -0.390 e. The third-order valence-corrected chi connectivity index (χ3v) is 2.86. The van der Waals surface area contributed by atoms with Gasteiger partial charge in [0.25, 0.3) is 0 Å². The van der Waals surface area contributed by atoms with E-state index in [1.165, 1.54) is 0 Å². The summed E-state index contributed by atoms with van der Waals surface area (Å²) in [7, 11) is 1.81. The quantitative estimate of drug-likeness (QED) is 0.663. The van der Waals surface area contributed by atoms with Crippen LogP contribution < -0.4 is 5.32 Å². The molecular formula is C12H18ClNO2. The van der Waals surface area contributed by atoms with Gasteiger partial charge in [0, 0.05) is 5.88 Å². The highest BCUT2D eigenvalue weighted by atomic mass is 35.5. The normalized spacial score (nSPS) is 14.8. The predicted molar refractivity (Wildman–Crippen MR) is 65.5 cm³/mol. The van der Waals surface area contributed by atoms with E-state index >= 15 is 0 Å². The summed E-state index contributed by atoms with van der Waals surface area (Å²) in [5.41, 5.74) is 1.57. The number of hydrogen-bond donors (Lipinski definition) is 3. The summed E-state index contributed by atoms with van der Waals surface area (Å²) in [6, 6.07) is 7.36. The molecule has 0 heterocycles. The van der Waals surface area contributed by atoms with E-state index in [1.54, 1.807) is 6.07 Å². The second-order valence-electron chi connectivity index (χ2n) is 3.74. The molecule has 90 valence electrons. The highest BCUT2D eigenvalue weighted by Gasteiger charge is 2.19.